The van der Waals surface area contributed by atoms with Crippen LogP contribution in [-0.4, -0.2) is 22.9 Å². The first-order valence-corrected chi connectivity index (χ1v) is 7.57. The Kier molecular flexibility index (Phi) is 18.5. The molecule has 1 rings (SSSR count). The fourth-order valence-corrected chi connectivity index (χ4v) is 1.56. The smallest absolute Gasteiger partial charge is 0.0562 e. The van der Waals surface area contributed by atoms with Crippen LogP contribution in [0.15, 0.2) is 30.3 Å². The van der Waals surface area contributed by atoms with Crippen molar-refractivity contribution in [3.05, 3.63) is 35.9 Å². The molecule has 1 atom stereocenters. The minimum absolute atomic E-state index is 0.0984. The number of hydrogen-bond donors (Lipinski definition) is 2. The van der Waals surface area contributed by atoms with Crippen LogP contribution in [0.2, 0.25) is 0 Å². The van der Waals surface area contributed by atoms with Crippen molar-refractivity contribution in [2.75, 3.05) is 6.61 Å². The predicted octanol–water partition coefficient (Wildman–Crippen LogP) is 4.20. The van der Waals surface area contributed by atoms with E-state index in [-0.39, 0.29) is 12.7 Å². The molecule has 0 spiro atoms. The molecular weight excluding hydrogens is 236 g/mol. The lowest BCUT2D eigenvalue weighted by Crippen LogP contribution is -2.07. The first-order valence-electron chi connectivity index (χ1n) is 7.57. The normalized spacial score (nSPS) is 10.6. The van der Waals surface area contributed by atoms with Crippen molar-refractivity contribution >= 4 is 0 Å². The van der Waals surface area contributed by atoms with Gasteiger partial charge in [0.15, 0.2) is 0 Å². The highest BCUT2D eigenvalue weighted by Crippen LogP contribution is 2.00. The van der Waals surface area contributed by atoms with Crippen molar-refractivity contribution in [2.24, 2.45) is 0 Å². The summed E-state index contributed by atoms with van der Waals surface area (Å²) in [5.41, 5.74) is 1.44. The molecule has 0 aliphatic rings. The molecular formula is C17H32O2. The van der Waals surface area contributed by atoms with Crippen LogP contribution in [0.5, 0.6) is 0 Å². The van der Waals surface area contributed by atoms with Crippen LogP contribution < -0.4 is 0 Å². The Balaban J connectivity index is 0. The summed E-state index contributed by atoms with van der Waals surface area (Å²) in [6.07, 6.45) is 4.48. The van der Waals surface area contributed by atoms with Gasteiger partial charge in [0.2, 0.25) is 0 Å². The molecule has 0 heterocycles. The van der Waals surface area contributed by atoms with E-state index in [2.05, 4.69) is 37.3 Å². The molecule has 0 amide bonds. The zero-order valence-electron chi connectivity index (χ0n) is 13.1. The van der Waals surface area contributed by atoms with Crippen molar-refractivity contribution in [1.82, 2.24) is 0 Å². The average molecular weight is 268 g/mol. The van der Waals surface area contributed by atoms with Crippen LogP contribution in [0, 0.1) is 0 Å². The maximum Gasteiger partial charge on any atom is 0.0562 e. The third-order valence-corrected chi connectivity index (χ3v) is 2.47. The Hall–Kier alpha value is -0.860. The van der Waals surface area contributed by atoms with Crippen LogP contribution in [0.4, 0.5) is 0 Å². The van der Waals surface area contributed by atoms with E-state index in [1.54, 1.807) is 0 Å². The maximum atomic E-state index is 8.89. The van der Waals surface area contributed by atoms with Crippen LogP contribution in [-0.2, 0) is 6.42 Å². The molecule has 1 aromatic carbocycles. The minimum atomic E-state index is -0.287. The van der Waals surface area contributed by atoms with Crippen molar-refractivity contribution < 1.29 is 10.2 Å². The molecule has 2 heteroatoms. The van der Waals surface area contributed by atoms with Gasteiger partial charge in [-0.1, -0.05) is 70.9 Å². The molecule has 0 fully saturated rings. The Morgan fingerprint density at radius 2 is 1.53 bits per heavy atom. The molecule has 0 bridgehead atoms. The summed E-state index contributed by atoms with van der Waals surface area (Å²) in [6, 6.07) is 10.6. The van der Waals surface area contributed by atoms with Gasteiger partial charge in [-0.2, -0.15) is 0 Å². The topological polar surface area (TPSA) is 40.5 Å². The Morgan fingerprint density at radius 1 is 0.947 bits per heavy atom. The summed E-state index contributed by atoms with van der Waals surface area (Å²) >= 11 is 0. The van der Waals surface area contributed by atoms with Crippen LogP contribution >= 0.6 is 0 Å². The molecule has 0 radical (unpaired) electrons. The van der Waals surface area contributed by atoms with E-state index in [9.17, 15) is 0 Å². The van der Waals surface area contributed by atoms with Gasteiger partial charge in [-0.3, -0.25) is 0 Å². The predicted molar refractivity (Wildman–Crippen MR) is 84.4 cm³/mol. The monoisotopic (exact) mass is 268 g/mol. The van der Waals surface area contributed by atoms with Gasteiger partial charge in [-0.15, -0.1) is 0 Å². The number of aryl methyl sites for hydroxylation is 1. The quantitative estimate of drug-likeness (QED) is 0.812. The van der Waals surface area contributed by atoms with Crippen LogP contribution in [0.25, 0.3) is 0 Å². The van der Waals surface area contributed by atoms with E-state index in [1.165, 1.54) is 18.4 Å². The lowest BCUT2D eigenvalue weighted by molar-refractivity contribution is 0.124. The highest BCUT2D eigenvalue weighted by atomic mass is 16.3. The van der Waals surface area contributed by atoms with E-state index in [0.717, 1.165) is 12.8 Å². The van der Waals surface area contributed by atoms with Gasteiger partial charge >= 0.3 is 0 Å². The highest BCUT2D eigenvalue weighted by Gasteiger charge is 1.98. The molecule has 0 saturated heterocycles. The Bertz CT molecular complexity index is 241. The Morgan fingerprint density at radius 3 is 1.95 bits per heavy atom. The lowest BCUT2D eigenvalue weighted by Gasteiger charge is -2.04. The number of rotatable bonds is 6. The maximum absolute atomic E-state index is 8.89. The van der Waals surface area contributed by atoms with Gasteiger partial charge in [0.05, 0.1) is 6.10 Å². The summed E-state index contributed by atoms with van der Waals surface area (Å²) in [6.45, 7) is 8.31. The number of hydrogen-bond acceptors (Lipinski definition) is 2. The van der Waals surface area contributed by atoms with E-state index < -0.39 is 0 Å². The molecule has 2 nitrogen and oxygen atoms in total. The van der Waals surface area contributed by atoms with E-state index in [4.69, 9.17) is 10.2 Å². The van der Waals surface area contributed by atoms with Gasteiger partial charge in [0.25, 0.3) is 0 Å². The van der Waals surface area contributed by atoms with Gasteiger partial charge in [-0.05, 0) is 24.8 Å². The third kappa shape index (κ3) is 15.1. The second-order valence-corrected chi connectivity index (χ2v) is 4.19. The Labute approximate surface area is 119 Å². The fourth-order valence-electron chi connectivity index (χ4n) is 1.56. The summed E-state index contributed by atoms with van der Waals surface area (Å²) in [5.74, 6) is 0. The molecule has 0 aliphatic heterocycles. The van der Waals surface area contributed by atoms with E-state index in [0.29, 0.717) is 6.42 Å². The highest BCUT2D eigenvalue weighted by molar-refractivity contribution is 5.14. The van der Waals surface area contributed by atoms with Gasteiger partial charge in [0, 0.05) is 6.61 Å². The summed E-state index contributed by atoms with van der Waals surface area (Å²) < 4.78 is 0. The average Bonchev–Trinajstić information content (AvgIpc) is 2.44. The first kappa shape index (κ1) is 20.5. The molecule has 0 aromatic heterocycles. The molecule has 0 saturated carbocycles. The van der Waals surface area contributed by atoms with Crippen molar-refractivity contribution in [1.29, 1.82) is 0 Å². The zero-order valence-corrected chi connectivity index (χ0v) is 13.1. The SMILES string of the molecule is CC.CCCC(O)CCO.CCCc1ccccc1. The molecule has 2 N–H and O–H groups in total. The first-order chi connectivity index (χ1) is 9.24. The zero-order chi connectivity index (χ0) is 14.9. The van der Waals surface area contributed by atoms with Gasteiger partial charge in [-0.25, -0.2) is 0 Å². The molecule has 19 heavy (non-hydrogen) atoms. The van der Waals surface area contributed by atoms with Crippen molar-refractivity contribution in [2.45, 2.75) is 65.9 Å². The summed E-state index contributed by atoms with van der Waals surface area (Å²) in [7, 11) is 0. The van der Waals surface area contributed by atoms with E-state index in [1.807, 2.05) is 20.8 Å². The summed E-state index contributed by atoms with van der Waals surface area (Å²) in [4.78, 5) is 0. The third-order valence-electron chi connectivity index (χ3n) is 2.47. The molecule has 1 aromatic rings. The number of benzene rings is 1. The lowest BCUT2D eigenvalue weighted by atomic mass is 10.1. The molecule has 112 valence electrons. The van der Waals surface area contributed by atoms with Crippen LogP contribution in [0.3, 0.4) is 0 Å². The van der Waals surface area contributed by atoms with Gasteiger partial charge in [0.1, 0.15) is 0 Å². The number of aliphatic hydroxyl groups excluding tert-OH is 2. The van der Waals surface area contributed by atoms with Crippen molar-refractivity contribution in [3.63, 3.8) is 0 Å². The molecule has 0 aliphatic carbocycles. The standard InChI is InChI=1S/C9H12.C6H14O2.C2H6/c1-2-6-9-7-4-3-5-8-9;1-2-3-6(8)4-5-7;1-2/h3-5,7-8H,2,6H2,1H3;6-8H,2-5H2,1H3;1-2H3. The fraction of sp³-hybridized carbons (Fsp3) is 0.647. The largest absolute Gasteiger partial charge is 0.396 e. The second-order valence-electron chi connectivity index (χ2n) is 4.19. The van der Waals surface area contributed by atoms with Crippen molar-refractivity contribution in [3.8, 4) is 0 Å². The van der Waals surface area contributed by atoms with Crippen LogP contribution in [0.1, 0.15) is 58.9 Å². The van der Waals surface area contributed by atoms with E-state index >= 15 is 0 Å². The second kappa shape index (κ2) is 17.1. The number of aliphatic hydroxyl groups is 2. The minimum Gasteiger partial charge on any atom is -0.396 e. The summed E-state index contributed by atoms with van der Waals surface area (Å²) in [5, 5.41) is 17.2. The molecule has 1 unspecified atom stereocenters. The van der Waals surface area contributed by atoms with Gasteiger partial charge < -0.3 is 10.2 Å².